The fourth-order valence-corrected chi connectivity index (χ4v) is 5.30. The van der Waals surface area contributed by atoms with Crippen molar-refractivity contribution < 1.29 is 14.3 Å². The quantitative estimate of drug-likeness (QED) is 0.262. The van der Waals surface area contributed by atoms with Gasteiger partial charge in [0.15, 0.2) is 11.5 Å². The summed E-state index contributed by atoms with van der Waals surface area (Å²) in [5.74, 6) is 2.48. The lowest BCUT2D eigenvalue weighted by atomic mass is 9.84. The van der Waals surface area contributed by atoms with Gasteiger partial charge < -0.3 is 19.7 Å². The Balaban J connectivity index is 1.19. The van der Waals surface area contributed by atoms with E-state index in [0.29, 0.717) is 35.8 Å². The number of aryl methyl sites for hydroxylation is 1. The van der Waals surface area contributed by atoms with Crippen LogP contribution in [0.15, 0.2) is 61.3 Å². The molecule has 5 aromatic rings. The Morgan fingerprint density at radius 2 is 1.90 bits per heavy atom. The molecule has 0 spiro atoms. The molecule has 2 atom stereocenters. The molecule has 4 aromatic heterocycles. The summed E-state index contributed by atoms with van der Waals surface area (Å²) in [4.78, 5) is 32.6. The Hall–Kier alpha value is -4.80. The lowest BCUT2D eigenvalue weighted by molar-refractivity contribution is 0.0154. The van der Waals surface area contributed by atoms with Crippen molar-refractivity contribution >= 4 is 34.3 Å². The molecule has 1 fully saturated rings. The highest BCUT2D eigenvalue weighted by Crippen LogP contribution is 2.35. The number of carbonyl (C=O) groups excluding carboxylic acids is 1. The highest BCUT2D eigenvalue weighted by Gasteiger charge is 2.33. The molecule has 1 aliphatic heterocycles. The first-order chi connectivity index (χ1) is 20.1. The summed E-state index contributed by atoms with van der Waals surface area (Å²) in [5.41, 5.74) is 4.46. The third-order valence-electron chi connectivity index (χ3n) is 7.36. The maximum absolute atomic E-state index is 12.6. The summed E-state index contributed by atoms with van der Waals surface area (Å²) in [6.07, 6.45) is 5.41. The Morgan fingerprint density at radius 3 is 2.69 bits per heavy atom. The molecule has 11 heteroatoms. The minimum atomic E-state index is -0.514. The predicted octanol–water partition coefficient (Wildman–Crippen LogP) is 6.27. The van der Waals surface area contributed by atoms with E-state index in [1.54, 1.807) is 15.7 Å². The molecule has 0 radical (unpaired) electrons. The third kappa shape index (κ3) is 5.81. The minimum absolute atomic E-state index is 0.205. The smallest absolute Gasteiger partial charge is 0.410 e. The molecule has 216 valence electrons. The van der Waals surface area contributed by atoms with Crippen LogP contribution in [0.25, 0.3) is 16.7 Å². The Bertz CT molecular complexity index is 1760. The zero-order valence-corrected chi connectivity index (χ0v) is 24.4. The van der Waals surface area contributed by atoms with Crippen molar-refractivity contribution in [3.8, 4) is 11.5 Å². The van der Waals surface area contributed by atoms with E-state index >= 15 is 0 Å². The molecule has 1 aliphatic rings. The summed E-state index contributed by atoms with van der Waals surface area (Å²) < 4.78 is 13.4. The number of rotatable bonds is 5. The summed E-state index contributed by atoms with van der Waals surface area (Å²) in [6.45, 7) is 11.1. The van der Waals surface area contributed by atoms with E-state index in [-0.39, 0.29) is 17.9 Å². The first-order valence-electron chi connectivity index (χ1n) is 14.1. The summed E-state index contributed by atoms with van der Waals surface area (Å²) >= 11 is 0. The van der Waals surface area contributed by atoms with Gasteiger partial charge >= 0.3 is 6.09 Å². The second kappa shape index (κ2) is 10.9. The molecular formula is C31H34N8O3. The number of nitrogens with one attached hydrogen (secondary N) is 1. The van der Waals surface area contributed by atoms with E-state index in [1.165, 1.54) is 6.33 Å². The van der Waals surface area contributed by atoms with Crippen molar-refractivity contribution in [2.75, 3.05) is 18.4 Å². The lowest BCUT2D eigenvalue weighted by Crippen LogP contribution is -2.44. The number of amides is 1. The minimum Gasteiger partial charge on any atom is -0.457 e. The van der Waals surface area contributed by atoms with Gasteiger partial charge in [0, 0.05) is 42.7 Å². The standard InChI is InChI=1S/C31H34N8O3/c1-19-14-21(6-9-26(19)41-22-10-13-39-27(15-22)33-18-35-39)36-29-28-25(32-17-34-29)8-7-24(37-28)23-11-12-38(16-20(23)2)30(40)42-31(3,4)5/h6-10,13-15,17-18,20,23H,11-12,16H2,1-5H3,(H,32,34,36). The number of hydrogen-bond donors (Lipinski definition) is 1. The Labute approximate surface area is 243 Å². The summed E-state index contributed by atoms with van der Waals surface area (Å²) in [7, 11) is 0. The maximum Gasteiger partial charge on any atom is 0.410 e. The molecule has 42 heavy (non-hydrogen) atoms. The van der Waals surface area contributed by atoms with Gasteiger partial charge in [-0.3, -0.25) is 0 Å². The Kier molecular flexibility index (Phi) is 7.09. The van der Waals surface area contributed by atoms with E-state index in [9.17, 15) is 4.79 Å². The molecule has 0 saturated carbocycles. The van der Waals surface area contributed by atoms with Crippen molar-refractivity contribution in [1.82, 2.24) is 34.4 Å². The van der Waals surface area contributed by atoms with Crippen molar-refractivity contribution in [2.45, 2.75) is 52.6 Å². The third-order valence-corrected chi connectivity index (χ3v) is 7.36. The number of ether oxygens (including phenoxy) is 2. The Morgan fingerprint density at radius 1 is 1.05 bits per heavy atom. The van der Waals surface area contributed by atoms with Gasteiger partial charge in [-0.05, 0) is 82.0 Å². The second-order valence-electron chi connectivity index (χ2n) is 11.8. The average molecular weight is 567 g/mol. The number of nitrogens with zero attached hydrogens (tertiary/aromatic N) is 7. The van der Waals surface area contributed by atoms with Crippen LogP contribution in [0.4, 0.5) is 16.3 Å². The highest BCUT2D eigenvalue weighted by atomic mass is 16.6. The number of fused-ring (bicyclic) bond motifs is 2. The average Bonchev–Trinajstić information content (AvgIpc) is 3.42. The normalized spacial score (nSPS) is 17.4. The molecule has 11 nitrogen and oxygen atoms in total. The van der Waals surface area contributed by atoms with Gasteiger partial charge in [0.2, 0.25) is 0 Å². The fraction of sp³-hybridized carbons (Fsp3) is 0.355. The van der Waals surface area contributed by atoms with Crippen LogP contribution in [0.3, 0.4) is 0 Å². The zero-order chi connectivity index (χ0) is 29.4. The summed E-state index contributed by atoms with van der Waals surface area (Å²) in [6, 6.07) is 13.6. The van der Waals surface area contributed by atoms with E-state index < -0.39 is 5.60 Å². The first-order valence-corrected chi connectivity index (χ1v) is 14.1. The van der Waals surface area contributed by atoms with Crippen LogP contribution in [0.2, 0.25) is 0 Å². The SMILES string of the molecule is Cc1cc(Nc2ncnc3ccc(C4CCN(C(=O)OC(C)(C)C)CC4C)nc23)ccc1Oc1ccn2ncnc2c1. The zero-order valence-electron chi connectivity index (χ0n) is 24.4. The van der Waals surface area contributed by atoms with E-state index in [1.807, 2.05) is 76.4 Å². The maximum atomic E-state index is 12.6. The van der Waals surface area contributed by atoms with Crippen molar-refractivity contribution in [2.24, 2.45) is 5.92 Å². The van der Waals surface area contributed by atoms with Crippen LogP contribution in [0, 0.1) is 12.8 Å². The molecule has 5 heterocycles. The van der Waals surface area contributed by atoms with Crippen LogP contribution in [-0.4, -0.2) is 59.2 Å². The largest absolute Gasteiger partial charge is 0.457 e. The number of anilines is 2. The molecular weight excluding hydrogens is 532 g/mol. The van der Waals surface area contributed by atoms with Crippen molar-refractivity contribution in [3.05, 3.63) is 72.6 Å². The molecule has 1 aromatic carbocycles. The van der Waals surface area contributed by atoms with Crippen LogP contribution in [-0.2, 0) is 4.74 Å². The van der Waals surface area contributed by atoms with Crippen molar-refractivity contribution in [3.63, 3.8) is 0 Å². The first kappa shape index (κ1) is 27.4. The van der Waals surface area contributed by atoms with Gasteiger partial charge in [0.25, 0.3) is 0 Å². The monoisotopic (exact) mass is 566 g/mol. The molecule has 2 unspecified atom stereocenters. The van der Waals surface area contributed by atoms with Gasteiger partial charge in [0.05, 0.1) is 5.52 Å². The van der Waals surface area contributed by atoms with E-state index in [0.717, 1.165) is 34.6 Å². The number of benzene rings is 1. The van der Waals surface area contributed by atoms with Crippen LogP contribution in [0.5, 0.6) is 11.5 Å². The number of carbonyl (C=O) groups is 1. The van der Waals surface area contributed by atoms with Gasteiger partial charge in [-0.2, -0.15) is 5.10 Å². The molecule has 6 rings (SSSR count). The number of hydrogen-bond acceptors (Lipinski definition) is 9. The van der Waals surface area contributed by atoms with Gasteiger partial charge in [-0.15, -0.1) is 0 Å². The number of pyridine rings is 2. The lowest BCUT2D eigenvalue weighted by Gasteiger charge is -2.37. The van der Waals surface area contributed by atoms with Gasteiger partial charge in [-0.25, -0.2) is 29.2 Å². The number of likely N-dealkylation sites (tertiary alicyclic amines) is 1. The predicted molar refractivity (Wildman–Crippen MR) is 159 cm³/mol. The summed E-state index contributed by atoms with van der Waals surface area (Å²) in [5, 5.41) is 7.54. The fourth-order valence-electron chi connectivity index (χ4n) is 5.30. The number of piperidine rings is 1. The van der Waals surface area contributed by atoms with E-state index in [2.05, 4.69) is 32.3 Å². The topological polar surface area (TPSA) is 120 Å². The number of aromatic nitrogens is 6. The van der Waals surface area contributed by atoms with Crippen LogP contribution >= 0.6 is 0 Å². The van der Waals surface area contributed by atoms with Gasteiger partial charge in [0.1, 0.15) is 35.3 Å². The van der Waals surface area contributed by atoms with E-state index in [4.69, 9.17) is 14.5 Å². The molecule has 1 saturated heterocycles. The highest BCUT2D eigenvalue weighted by molar-refractivity contribution is 5.87. The van der Waals surface area contributed by atoms with Crippen molar-refractivity contribution in [1.29, 1.82) is 0 Å². The molecule has 0 aliphatic carbocycles. The second-order valence-corrected chi connectivity index (χ2v) is 11.8. The van der Waals surface area contributed by atoms with Crippen LogP contribution in [0.1, 0.15) is 51.3 Å². The van der Waals surface area contributed by atoms with Gasteiger partial charge in [-0.1, -0.05) is 6.92 Å². The van der Waals surface area contributed by atoms with Crippen LogP contribution < -0.4 is 10.1 Å². The molecule has 1 N–H and O–H groups in total. The molecule has 1 amide bonds. The molecule has 0 bridgehead atoms.